The predicted octanol–water partition coefficient (Wildman–Crippen LogP) is 3.77. The summed E-state index contributed by atoms with van der Waals surface area (Å²) < 4.78 is 7.68. The lowest BCUT2D eigenvalue weighted by Gasteiger charge is -2.05. The Bertz CT molecular complexity index is 1110. The number of oxazole rings is 1. The molecule has 0 aliphatic heterocycles. The molecule has 4 rings (SSSR count). The number of imidazole rings is 1. The Balaban J connectivity index is 1.54. The molecule has 1 N–H and O–H groups in total. The van der Waals surface area contributed by atoms with Gasteiger partial charge in [0.1, 0.15) is 11.3 Å². The van der Waals surface area contributed by atoms with Crippen LogP contribution >= 0.6 is 0 Å². The molecule has 0 spiro atoms. The molecule has 0 saturated carbocycles. The van der Waals surface area contributed by atoms with E-state index < -0.39 is 0 Å². The Labute approximate surface area is 150 Å². The van der Waals surface area contributed by atoms with Gasteiger partial charge in [0.2, 0.25) is 0 Å². The number of aryl methyl sites for hydroxylation is 1. The minimum Gasteiger partial charge on any atom is -0.440 e. The topological polar surface area (TPSA) is 73.0 Å². The Morgan fingerprint density at radius 2 is 1.96 bits per heavy atom. The van der Waals surface area contributed by atoms with E-state index in [0.29, 0.717) is 29.1 Å². The Hall–Kier alpha value is -3.15. The van der Waals surface area contributed by atoms with Gasteiger partial charge in [0.15, 0.2) is 11.5 Å². The molecule has 2 heterocycles. The molecule has 0 saturated heterocycles. The highest BCUT2D eigenvalue weighted by Crippen LogP contribution is 2.22. The van der Waals surface area contributed by atoms with Gasteiger partial charge >= 0.3 is 0 Å². The molecular formula is C20H20N4O2. The lowest BCUT2D eigenvalue weighted by molar-refractivity contribution is 0.0950. The van der Waals surface area contributed by atoms with E-state index in [9.17, 15) is 4.79 Å². The summed E-state index contributed by atoms with van der Waals surface area (Å²) in [7, 11) is 1.95. The van der Waals surface area contributed by atoms with Gasteiger partial charge < -0.3 is 14.3 Å². The third-order valence-corrected chi connectivity index (χ3v) is 4.45. The molecule has 0 radical (unpaired) electrons. The smallest absolute Gasteiger partial charge is 0.251 e. The first kappa shape index (κ1) is 16.3. The van der Waals surface area contributed by atoms with Gasteiger partial charge in [-0.05, 0) is 30.3 Å². The van der Waals surface area contributed by atoms with Crippen LogP contribution in [-0.2, 0) is 13.6 Å². The van der Waals surface area contributed by atoms with Gasteiger partial charge in [-0.1, -0.05) is 26.0 Å². The number of carbonyl (C=O) groups is 1. The number of para-hydroxylation sites is 2. The van der Waals surface area contributed by atoms with Gasteiger partial charge in [0, 0.05) is 18.5 Å². The van der Waals surface area contributed by atoms with E-state index in [1.165, 1.54) is 0 Å². The normalized spacial score (nSPS) is 11.5. The summed E-state index contributed by atoms with van der Waals surface area (Å²) in [4.78, 5) is 21.5. The van der Waals surface area contributed by atoms with Crippen LogP contribution < -0.4 is 5.32 Å². The number of amides is 1. The van der Waals surface area contributed by atoms with Crippen LogP contribution in [0.2, 0.25) is 0 Å². The fourth-order valence-corrected chi connectivity index (χ4v) is 2.95. The number of aromatic nitrogens is 3. The SMILES string of the molecule is CC(C)c1nc2cc(C(=O)NCc3nc4ccccc4n3C)ccc2o1. The van der Waals surface area contributed by atoms with Gasteiger partial charge in [-0.25, -0.2) is 9.97 Å². The number of hydrogen-bond acceptors (Lipinski definition) is 4. The molecule has 0 atom stereocenters. The maximum Gasteiger partial charge on any atom is 0.251 e. The second-order valence-corrected chi connectivity index (χ2v) is 6.65. The number of carbonyl (C=O) groups excluding carboxylic acids is 1. The van der Waals surface area contributed by atoms with Crippen molar-refractivity contribution >= 4 is 28.0 Å². The number of fused-ring (bicyclic) bond motifs is 2. The van der Waals surface area contributed by atoms with E-state index in [-0.39, 0.29) is 11.8 Å². The van der Waals surface area contributed by atoms with Crippen molar-refractivity contribution < 1.29 is 9.21 Å². The van der Waals surface area contributed by atoms with E-state index >= 15 is 0 Å². The van der Waals surface area contributed by atoms with Gasteiger partial charge in [0.25, 0.3) is 5.91 Å². The molecular weight excluding hydrogens is 328 g/mol. The molecule has 0 bridgehead atoms. The molecule has 0 aliphatic rings. The van der Waals surface area contributed by atoms with Gasteiger partial charge in [-0.3, -0.25) is 4.79 Å². The standard InChI is InChI=1S/C20H20N4O2/c1-12(2)20-23-15-10-13(8-9-17(15)26-20)19(25)21-11-18-22-14-6-4-5-7-16(14)24(18)3/h4-10,12H,11H2,1-3H3,(H,21,25). The summed E-state index contributed by atoms with van der Waals surface area (Å²) in [6.07, 6.45) is 0. The molecule has 132 valence electrons. The van der Waals surface area contributed by atoms with Crippen LogP contribution in [0.3, 0.4) is 0 Å². The summed E-state index contributed by atoms with van der Waals surface area (Å²) >= 11 is 0. The van der Waals surface area contributed by atoms with E-state index in [1.54, 1.807) is 18.2 Å². The number of benzene rings is 2. The van der Waals surface area contributed by atoms with E-state index in [4.69, 9.17) is 4.42 Å². The highest BCUT2D eigenvalue weighted by atomic mass is 16.3. The second-order valence-electron chi connectivity index (χ2n) is 6.65. The lowest BCUT2D eigenvalue weighted by Crippen LogP contribution is -2.24. The first-order chi connectivity index (χ1) is 12.5. The molecule has 0 fully saturated rings. The van der Waals surface area contributed by atoms with Crippen LogP contribution in [0.15, 0.2) is 46.9 Å². The fourth-order valence-electron chi connectivity index (χ4n) is 2.95. The second kappa shape index (κ2) is 6.29. The van der Waals surface area contributed by atoms with E-state index in [1.807, 2.05) is 49.7 Å². The maximum absolute atomic E-state index is 12.5. The average molecular weight is 348 g/mol. The van der Waals surface area contributed by atoms with Crippen LogP contribution in [0.25, 0.3) is 22.1 Å². The molecule has 1 amide bonds. The zero-order valence-electron chi connectivity index (χ0n) is 15.0. The van der Waals surface area contributed by atoms with Crippen LogP contribution in [0.5, 0.6) is 0 Å². The summed E-state index contributed by atoms with van der Waals surface area (Å²) in [5.41, 5.74) is 3.91. The molecule has 26 heavy (non-hydrogen) atoms. The van der Waals surface area contributed by atoms with Crippen molar-refractivity contribution in [2.24, 2.45) is 7.05 Å². The van der Waals surface area contributed by atoms with E-state index in [0.717, 1.165) is 16.9 Å². The van der Waals surface area contributed by atoms with Gasteiger partial charge in [-0.2, -0.15) is 0 Å². The summed E-state index contributed by atoms with van der Waals surface area (Å²) in [6.45, 7) is 4.41. The minimum atomic E-state index is -0.159. The number of nitrogens with one attached hydrogen (secondary N) is 1. The number of hydrogen-bond donors (Lipinski definition) is 1. The molecule has 6 nitrogen and oxygen atoms in total. The van der Waals surface area contributed by atoms with Crippen LogP contribution in [0, 0.1) is 0 Å². The maximum atomic E-state index is 12.5. The van der Waals surface area contributed by atoms with Crippen molar-refractivity contribution in [3.63, 3.8) is 0 Å². The van der Waals surface area contributed by atoms with E-state index in [2.05, 4.69) is 15.3 Å². The van der Waals surface area contributed by atoms with Crippen molar-refractivity contribution in [3.8, 4) is 0 Å². The first-order valence-electron chi connectivity index (χ1n) is 8.62. The summed E-state index contributed by atoms with van der Waals surface area (Å²) in [5.74, 6) is 1.53. The quantitative estimate of drug-likeness (QED) is 0.609. The number of rotatable bonds is 4. The average Bonchev–Trinajstić information content (AvgIpc) is 3.21. The summed E-state index contributed by atoms with van der Waals surface area (Å²) in [6, 6.07) is 13.2. The zero-order chi connectivity index (χ0) is 18.3. The van der Waals surface area contributed by atoms with Crippen LogP contribution in [-0.4, -0.2) is 20.4 Å². The highest BCUT2D eigenvalue weighted by Gasteiger charge is 2.13. The Morgan fingerprint density at radius 1 is 1.15 bits per heavy atom. The first-order valence-corrected chi connectivity index (χ1v) is 8.62. The molecule has 0 aliphatic carbocycles. The molecule has 2 aromatic heterocycles. The monoisotopic (exact) mass is 348 g/mol. The van der Waals surface area contributed by atoms with Crippen LogP contribution in [0.1, 0.15) is 41.8 Å². The van der Waals surface area contributed by atoms with Crippen molar-refractivity contribution in [2.75, 3.05) is 0 Å². The number of nitrogens with zero attached hydrogens (tertiary/aromatic N) is 3. The lowest BCUT2D eigenvalue weighted by atomic mass is 10.2. The van der Waals surface area contributed by atoms with Crippen LogP contribution in [0.4, 0.5) is 0 Å². The molecule has 6 heteroatoms. The molecule has 0 unspecified atom stereocenters. The third-order valence-electron chi connectivity index (χ3n) is 4.45. The largest absolute Gasteiger partial charge is 0.440 e. The van der Waals surface area contributed by atoms with Gasteiger partial charge in [-0.15, -0.1) is 0 Å². The molecule has 2 aromatic carbocycles. The van der Waals surface area contributed by atoms with Crippen molar-refractivity contribution in [1.82, 2.24) is 19.9 Å². The zero-order valence-corrected chi connectivity index (χ0v) is 15.0. The minimum absolute atomic E-state index is 0.159. The molecule has 4 aromatic rings. The van der Waals surface area contributed by atoms with Crippen molar-refractivity contribution in [1.29, 1.82) is 0 Å². The Kier molecular flexibility index (Phi) is 3.95. The Morgan fingerprint density at radius 3 is 2.73 bits per heavy atom. The highest BCUT2D eigenvalue weighted by molar-refractivity contribution is 5.97. The van der Waals surface area contributed by atoms with Crippen molar-refractivity contribution in [3.05, 3.63) is 59.7 Å². The third kappa shape index (κ3) is 2.83. The predicted molar refractivity (Wildman–Crippen MR) is 100.0 cm³/mol. The van der Waals surface area contributed by atoms with Gasteiger partial charge in [0.05, 0.1) is 17.6 Å². The summed E-state index contributed by atoms with van der Waals surface area (Å²) in [5, 5.41) is 2.93. The fraction of sp³-hybridized carbons (Fsp3) is 0.250. The van der Waals surface area contributed by atoms with Crippen molar-refractivity contribution in [2.45, 2.75) is 26.3 Å².